The Morgan fingerprint density at radius 3 is 2.35 bits per heavy atom. The van der Waals surface area contributed by atoms with Crippen LogP contribution in [0.3, 0.4) is 0 Å². The molecule has 11 heteroatoms. The van der Waals surface area contributed by atoms with Crippen molar-refractivity contribution in [2.45, 2.75) is 11.5 Å². The minimum atomic E-state index is -4.84. The molecule has 188 valence electrons. The Balaban J connectivity index is 1.56. The number of alkyl halides is 3. The first kappa shape index (κ1) is 24.4. The molecule has 37 heavy (non-hydrogen) atoms. The number of nitrogens with zero attached hydrogens (tertiary/aromatic N) is 2. The second-order valence-electron chi connectivity index (χ2n) is 7.91. The van der Waals surface area contributed by atoms with Crippen LogP contribution in [0, 0.1) is 0 Å². The number of benzene rings is 3. The number of Topliss-reactive ketones (excluding diaryl/α,β-unsaturated/α-hetero) is 1. The summed E-state index contributed by atoms with van der Waals surface area (Å²) in [5.41, 5.74) is 1.66. The molecule has 7 nitrogen and oxygen atoms in total. The predicted octanol–water partition coefficient (Wildman–Crippen LogP) is 5.75. The van der Waals surface area contributed by atoms with Crippen molar-refractivity contribution in [2.75, 3.05) is 12.9 Å². The number of carbonyl (C=O) groups is 1. The summed E-state index contributed by atoms with van der Waals surface area (Å²) in [4.78, 5) is 34.2. The van der Waals surface area contributed by atoms with Crippen LogP contribution in [0.5, 0.6) is 11.5 Å². The van der Waals surface area contributed by atoms with Crippen LogP contribution in [-0.4, -0.2) is 39.5 Å². The molecule has 1 N–H and O–H groups in total. The number of thioether (sulfide) groups is 1. The number of hydrogen-bond acceptors (Lipinski definition) is 6. The van der Waals surface area contributed by atoms with E-state index in [1.807, 2.05) is 24.3 Å². The van der Waals surface area contributed by atoms with Gasteiger partial charge in [-0.05, 0) is 54.6 Å². The van der Waals surface area contributed by atoms with Crippen LogP contribution in [0.1, 0.15) is 10.4 Å². The Bertz CT molecular complexity index is 1660. The minimum absolute atomic E-state index is 0.0259. The van der Waals surface area contributed by atoms with Crippen molar-refractivity contribution in [3.05, 3.63) is 88.7 Å². The molecule has 0 bridgehead atoms. The summed E-state index contributed by atoms with van der Waals surface area (Å²) in [6.45, 7) is 0. The lowest BCUT2D eigenvalue weighted by Crippen LogP contribution is -2.22. The minimum Gasteiger partial charge on any atom is -0.497 e. The van der Waals surface area contributed by atoms with E-state index < -0.39 is 17.7 Å². The first-order valence-electron chi connectivity index (χ1n) is 10.9. The average molecular weight is 526 g/mol. The number of fused-ring (bicyclic) bond motifs is 3. The fraction of sp³-hybridized carbons (Fsp3) is 0.115. The Hall–Kier alpha value is -4.25. The zero-order valence-electron chi connectivity index (χ0n) is 19.2. The third kappa shape index (κ3) is 5.03. The summed E-state index contributed by atoms with van der Waals surface area (Å²) < 4.78 is 48.1. The molecular weight excluding hydrogens is 507 g/mol. The second-order valence-corrected chi connectivity index (χ2v) is 8.85. The smallest absolute Gasteiger partial charge is 0.497 e. The van der Waals surface area contributed by atoms with Gasteiger partial charge in [-0.15, -0.1) is 13.2 Å². The topological polar surface area (TPSA) is 86.2 Å². The van der Waals surface area contributed by atoms with Gasteiger partial charge >= 0.3 is 6.36 Å². The maximum absolute atomic E-state index is 13.6. The zero-order valence-corrected chi connectivity index (χ0v) is 20.0. The fourth-order valence-electron chi connectivity index (χ4n) is 3.85. The molecule has 0 aliphatic heterocycles. The lowest BCUT2D eigenvalue weighted by atomic mass is 10.1. The van der Waals surface area contributed by atoms with Gasteiger partial charge in [0.15, 0.2) is 10.9 Å². The van der Waals surface area contributed by atoms with Crippen LogP contribution in [0.4, 0.5) is 13.2 Å². The van der Waals surface area contributed by atoms with E-state index in [9.17, 15) is 22.8 Å². The van der Waals surface area contributed by atoms with E-state index in [0.717, 1.165) is 29.3 Å². The fourth-order valence-corrected chi connectivity index (χ4v) is 4.75. The highest BCUT2D eigenvalue weighted by molar-refractivity contribution is 7.99. The highest BCUT2D eigenvalue weighted by Crippen LogP contribution is 2.28. The first-order chi connectivity index (χ1) is 17.7. The molecule has 0 spiro atoms. The summed E-state index contributed by atoms with van der Waals surface area (Å²) in [6.07, 6.45) is -4.84. The molecule has 0 atom stereocenters. The normalized spacial score (nSPS) is 11.7. The van der Waals surface area contributed by atoms with Gasteiger partial charge in [0.1, 0.15) is 22.5 Å². The summed E-state index contributed by atoms with van der Waals surface area (Å²) in [5.74, 6) is -0.0290. The van der Waals surface area contributed by atoms with Crippen LogP contribution in [0.2, 0.25) is 0 Å². The van der Waals surface area contributed by atoms with Crippen LogP contribution in [0.15, 0.2) is 82.7 Å². The quantitative estimate of drug-likeness (QED) is 0.166. The van der Waals surface area contributed by atoms with Crippen molar-refractivity contribution in [1.82, 2.24) is 14.5 Å². The SMILES string of the molecule is COc1ccc(C(=O)CSc2nc3c([nH]c4ccccc43)c(=O)n2-c2ccc(OC(F)(F)F)cc2)cc1. The average Bonchev–Trinajstić information content (AvgIpc) is 3.26. The number of methoxy groups -OCH3 is 1. The molecule has 0 amide bonds. The number of halogens is 3. The molecule has 0 fully saturated rings. The number of hydrogen-bond donors (Lipinski definition) is 1. The van der Waals surface area contributed by atoms with E-state index in [0.29, 0.717) is 22.3 Å². The summed E-state index contributed by atoms with van der Waals surface area (Å²) >= 11 is 1.06. The molecular formula is C26H18F3N3O4S. The number of ketones is 1. The molecule has 2 aromatic heterocycles. The van der Waals surface area contributed by atoms with Crippen molar-refractivity contribution >= 4 is 39.5 Å². The molecule has 0 aliphatic carbocycles. The Labute approximate surface area is 211 Å². The van der Waals surface area contributed by atoms with Crippen LogP contribution < -0.4 is 15.0 Å². The van der Waals surface area contributed by atoms with Crippen molar-refractivity contribution in [1.29, 1.82) is 0 Å². The largest absolute Gasteiger partial charge is 0.573 e. The summed E-state index contributed by atoms with van der Waals surface area (Å²) in [5, 5.41) is 0.951. The molecule has 0 aliphatic rings. The Morgan fingerprint density at radius 1 is 1.00 bits per heavy atom. The second kappa shape index (κ2) is 9.66. The lowest BCUT2D eigenvalue weighted by Gasteiger charge is -2.13. The summed E-state index contributed by atoms with van der Waals surface area (Å²) in [6, 6.07) is 18.8. The van der Waals surface area contributed by atoms with E-state index in [1.165, 1.54) is 23.8 Å². The molecule has 0 unspecified atom stereocenters. The third-order valence-electron chi connectivity index (χ3n) is 5.57. The Kier molecular flexibility index (Phi) is 6.38. The van der Waals surface area contributed by atoms with E-state index in [-0.39, 0.29) is 27.9 Å². The van der Waals surface area contributed by atoms with Gasteiger partial charge in [-0.1, -0.05) is 30.0 Å². The highest BCUT2D eigenvalue weighted by Gasteiger charge is 2.31. The molecule has 2 heterocycles. The number of ether oxygens (including phenoxy) is 2. The zero-order chi connectivity index (χ0) is 26.2. The summed E-state index contributed by atoms with van der Waals surface area (Å²) in [7, 11) is 1.53. The van der Waals surface area contributed by atoms with Gasteiger partial charge in [0.05, 0.1) is 18.6 Å². The third-order valence-corrected chi connectivity index (χ3v) is 6.51. The molecule has 5 rings (SSSR count). The van der Waals surface area contributed by atoms with E-state index in [1.54, 1.807) is 24.3 Å². The first-order valence-corrected chi connectivity index (χ1v) is 11.9. The number of aromatic nitrogens is 3. The van der Waals surface area contributed by atoms with Gasteiger partial charge in [0.2, 0.25) is 0 Å². The van der Waals surface area contributed by atoms with Crippen molar-refractivity contribution in [3.8, 4) is 17.2 Å². The molecule has 0 radical (unpaired) electrons. The van der Waals surface area contributed by atoms with Gasteiger partial charge in [0, 0.05) is 16.5 Å². The van der Waals surface area contributed by atoms with Gasteiger partial charge in [0.25, 0.3) is 5.56 Å². The molecule has 3 aromatic carbocycles. The number of aromatic amines is 1. The number of H-pyrrole nitrogens is 1. The molecule has 0 saturated carbocycles. The maximum atomic E-state index is 13.6. The van der Waals surface area contributed by atoms with Gasteiger partial charge < -0.3 is 14.5 Å². The van der Waals surface area contributed by atoms with Crippen LogP contribution >= 0.6 is 11.8 Å². The van der Waals surface area contributed by atoms with E-state index in [2.05, 4.69) is 14.7 Å². The van der Waals surface area contributed by atoms with Crippen molar-refractivity contribution < 1.29 is 27.4 Å². The van der Waals surface area contributed by atoms with Gasteiger partial charge in [-0.3, -0.25) is 14.2 Å². The number of para-hydroxylation sites is 1. The van der Waals surface area contributed by atoms with Crippen LogP contribution in [-0.2, 0) is 0 Å². The number of rotatable bonds is 7. The molecule has 5 aromatic rings. The lowest BCUT2D eigenvalue weighted by molar-refractivity contribution is -0.274. The van der Waals surface area contributed by atoms with Gasteiger partial charge in [-0.2, -0.15) is 0 Å². The standard InChI is InChI=1S/C26H18F3N3O4S/c1-35-17-10-6-15(7-11-17)21(33)14-37-25-31-22-19-4-2-3-5-20(19)30-23(22)24(34)32(25)16-8-12-18(13-9-16)36-26(27,28)29/h2-13,30H,14H2,1H3. The molecule has 0 saturated heterocycles. The number of nitrogens with one attached hydrogen (secondary N) is 1. The number of carbonyl (C=O) groups excluding carboxylic acids is 1. The van der Waals surface area contributed by atoms with E-state index >= 15 is 0 Å². The monoisotopic (exact) mass is 525 g/mol. The maximum Gasteiger partial charge on any atom is 0.573 e. The van der Waals surface area contributed by atoms with Crippen molar-refractivity contribution in [3.63, 3.8) is 0 Å². The van der Waals surface area contributed by atoms with Crippen LogP contribution in [0.25, 0.3) is 27.6 Å². The van der Waals surface area contributed by atoms with E-state index in [4.69, 9.17) is 4.74 Å². The van der Waals surface area contributed by atoms with Crippen molar-refractivity contribution in [2.24, 2.45) is 0 Å². The Morgan fingerprint density at radius 2 is 1.68 bits per heavy atom. The highest BCUT2D eigenvalue weighted by atomic mass is 32.2. The predicted molar refractivity (Wildman–Crippen MR) is 134 cm³/mol. The van der Waals surface area contributed by atoms with Gasteiger partial charge in [-0.25, -0.2) is 4.98 Å².